The number of hydrogen-bond acceptors (Lipinski definition) is 5. The van der Waals surface area contributed by atoms with Crippen LogP contribution in [0.4, 0.5) is 0 Å². The summed E-state index contributed by atoms with van der Waals surface area (Å²) in [5.74, 6) is 0.625. The van der Waals surface area contributed by atoms with Gasteiger partial charge in [-0.1, -0.05) is 60.3 Å². The van der Waals surface area contributed by atoms with Crippen molar-refractivity contribution in [3.63, 3.8) is 0 Å². The molecule has 5 nitrogen and oxygen atoms in total. The fraction of sp³-hybridized carbons (Fsp3) is 0.118. The van der Waals surface area contributed by atoms with Gasteiger partial charge < -0.3 is 4.74 Å². The van der Waals surface area contributed by atoms with Crippen molar-refractivity contribution in [2.45, 2.75) is 5.16 Å². The number of esters is 1. The van der Waals surface area contributed by atoms with Crippen molar-refractivity contribution in [1.29, 1.82) is 0 Å². The molecule has 116 valence electrons. The highest BCUT2D eigenvalue weighted by Crippen LogP contribution is 2.24. The van der Waals surface area contributed by atoms with Gasteiger partial charge in [0.05, 0.1) is 18.6 Å². The number of methoxy groups -OCH3 is 1. The minimum absolute atomic E-state index is 0.184. The molecule has 3 aromatic rings. The van der Waals surface area contributed by atoms with E-state index in [9.17, 15) is 4.79 Å². The summed E-state index contributed by atoms with van der Waals surface area (Å²) in [7, 11) is 1.37. The molecule has 1 aromatic heterocycles. The van der Waals surface area contributed by atoms with Gasteiger partial charge in [0.15, 0.2) is 5.82 Å². The van der Waals surface area contributed by atoms with E-state index in [1.165, 1.54) is 18.9 Å². The Bertz CT molecular complexity index is 731. The monoisotopic (exact) mass is 325 g/mol. The van der Waals surface area contributed by atoms with E-state index < -0.39 is 0 Å². The summed E-state index contributed by atoms with van der Waals surface area (Å²) in [5, 5.41) is 5.06. The molecule has 0 bridgehead atoms. The molecule has 0 aliphatic heterocycles. The van der Waals surface area contributed by atoms with E-state index in [0.717, 1.165) is 17.1 Å². The van der Waals surface area contributed by atoms with Crippen LogP contribution in [-0.4, -0.2) is 33.6 Å². The molecule has 0 atom stereocenters. The number of rotatable bonds is 5. The highest BCUT2D eigenvalue weighted by Gasteiger charge is 2.14. The lowest BCUT2D eigenvalue weighted by atomic mass is 10.2. The molecule has 23 heavy (non-hydrogen) atoms. The quantitative estimate of drug-likeness (QED) is 0.532. The fourth-order valence-electron chi connectivity index (χ4n) is 2.06. The number of hydrogen-bond donors (Lipinski definition) is 0. The summed E-state index contributed by atoms with van der Waals surface area (Å²) in [6, 6.07) is 19.6. The maximum Gasteiger partial charge on any atom is 0.316 e. The zero-order chi connectivity index (χ0) is 16.1. The Morgan fingerprint density at radius 2 is 1.74 bits per heavy atom. The number of carbonyl (C=O) groups is 1. The highest BCUT2D eigenvalue weighted by atomic mass is 32.2. The predicted octanol–water partition coefficient (Wildman–Crippen LogP) is 3.20. The number of aromatic nitrogens is 3. The van der Waals surface area contributed by atoms with Gasteiger partial charge in [0.25, 0.3) is 0 Å². The van der Waals surface area contributed by atoms with E-state index in [0.29, 0.717) is 5.16 Å². The minimum Gasteiger partial charge on any atom is -0.468 e. The lowest BCUT2D eigenvalue weighted by Gasteiger charge is -2.05. The number of benzene rings is 2. The van der Waals surface area contributed by atoms with Crippen LogP contribution in [0.1, 0.15) is 0 Å². The molecule has 0 fully saturated rings. The van der Waals surface area contributed by atoms with Gasteiger partial charge in [0, 0.05) is 5.56 Å². The van der Waals surface area contributed by atoms with Gasteiger partial charge in [0.2, 0.25) is 5.16 Å². The Morgan fingerprint density at radius 3 is 2.39 bits per heavy atom. The smallest absolute Gasteiger partial charge is 0.316 e. The second-order valence-electron chi connectivity index (χ2n) is 4.70. The Morgan fingerprint density at radius 1 is 1.09 bits per heavy atom. The third-order valence-corrected chi connectivity index (χ3v) is 3.98. The first kappa shape index (κ1) is 15.3. The minimum atomic E-state index is -0.299. The second-order valence-corrected chi connectivity index (χ2v) is 5.64. The van der Waals surface area contributed by atoms with E-state index in [1.54, 1.807) is 4.68 Å². The SMILES string of the molecule is COC(=O)CSc1nc(-c2ccccc2)n(-c2ccccc2)n1. The van der Waals surface area contributed by atoms with E-state index in [4.69, 9.17) is 0 Å². The molecule has 1 heterocycles. The van der Waals surface area contributed by atoms with Crippen LogP contribution in [0.2, 0.25) is 0 Å². The lowest BCUT2D eigenvalue weighted by Crippen LogP contribution is -2.03. The van der Waals surface area contributed by atoms with Gasteiger partial charge in [-0.15, -0.1) is 5.10 Å². The summed E-state index contributed by atoms with van der Waals surface area (Å²) in [4.78, 5) is 15.9. The molecule has 6 heteroatoms. The van der Waals surface area contributed by atoms with Crippen molar-refractivity contribution < 1.29 is 9.53 Å². The molecular formula is C17H15N3O2S. The zero-order valence-electron chi connectivity index (χ0n) is 12.5. The number of para-hydroxylation sites is 1. The van der Waals surface area contributed by atoms with Crippen molar-refractivity contribution in [3.05, 3.63) is 60.7 Å². The van der Waals surface area contributed by atoms with Gasteiger partial charge in [-0.05, 0) is 12.1 Å². The maximum absolute atomic E-state index is 11.3. The van der Waals surface area contributed by atoms with Crippen LogP contribution in [-0.2, 0) is 9.53 Å². The third kappa shape index (κ3) is 3.60. The number of nitrogens with zero attached hydrogens (tertiary/aromatic N) is 3. The summed E-state index contributed by atoms with van der Waals surface area (Å²) >= 11 is 1.26. The Balaban J connectivity index is 1.99. The molecule has 0 radical (unpaired) electrons. The van der Waals surface area contributed by atoms with Crippen LogP contribution in [0.3, 0.4) is 0 Å². The van der Waals surface area contributed by atoms with Crippen LogP contribution in [0.5, 0.6) is 0 Å². The molecule has 0 amide bonds. The molecule has 0 spiro atoms. The largest absolute Gasteiger partial charge is 0.468 e. The van der Waals surface area contributed by atoms with E-state index >= 15 is 0 Å². The fourth-order valence-corrected chi connectivity index (χ4v) is 2.72. The first-order valence-corrected chi connectivity index (χ1v) is 8.04. The standard InChI is InChI=1S/C17H15N3O2S/c1-22-15(21)12-23-17-18-16(13-8-4-2-5-9-13)20(19-17)14-10-6-3-7-11-14/h2-11H,12H2,1H3. The third-order valence-electron chi connectivity index (χ3n) is 3.17. The lowest BCUT2D eigenvalue weighted by molar-refractivity contribution is -0.137. The van der Waals surface area contributed by atoms with Crippen LogP contribution in [0, 0.1) is 0 Å². The topological polar surface area (TPSA) is 57.0 Å². The van der Waals surface area contributed by atoms with Crippen LogP contribution < -0.4 is 0 Å². The molecule has 2 aromatic carbocycles. The van der Waals surface area contributed by atoms with Gasteiger partial charge >= 0.3 is 5.97 Å². The number of carbonyl (C=O) groups excluding carboxylic acids is 1. The molecule has 0 aliphatic carbocycles. The Labute approximate surface area is 138 Å². The molecule has 3 rings (SSSR count). The molecule has 0 unspecified atom stereocenters. The van der Waals surface area contributed by atoms with E-state index in [-0.39, 0.29) is 11.7 Å². The number of thioether (sulfide) groups is 1. The second kappa shape index (κ2) is 7.11. The van der Waals surface area contributed by atoms with Crippen molar-refractivity contribution in [2.24, 2.45) is 0 Å². The predicted molar refractivity (Wildman–Crippen MR) is 89.5 cm³/mol. The zero-order valence-corrected chi connectivity index (χ0v) is 13.4. The van der Waals surface area contributed by atoms with E-state index in [2.05, 4.69) is 14.8 Å². The van der Waals surface area contributed by atoms with Gasteiger partial charge in [-0.3, -0.25) is 4.79 Å². The molecule has 0 saturated heterocycles. The molecule has 0 saturated carbocycles. The van der Waals surface area contributed by atoms with Gasteiger partial charge in [0.1, 0.15) is 0 Å². The first-order chi connectivity index (χ1) is 11.3. The maximum atomic E-state index is 11.3. The summed E-state index contributed by atoms with van der Waals surface area (Å²) in [6.45, 7) is 0. The summed E-state index contributed by atoms with van der Waals surface area (Å²) in [6.07, 6.45) is 0. The average molecular weight is 325 g/mol. The highest BCUT2D eigenvalue weighted by molar-refractivity contribution is 7.99. The van der Waals surface area contributed by atoms with E-state index in [1.807, 2.05) is 60.7 Å². The summed E-state index contributed by atoms with van der Waals surface area (Å²) in [5.41, 5.74) is 1.89. The molecule has 0 aliphatic rings. The first-order valence-electron chi connectivity index (χ1n) is 7.05. The van der Waals surface area contributed by atoms with Crippen LogP contribution >= 0.6 is 11.8 Å². The van der Waals surface area contributed by atoms with Gasteiger partial charge in [-0.25, -0.2) is 9.67 Å². The average Bonchev–Trinajstić information content (AvgIpc) is 3.05. The van der Waals surface area contributed by atoms with Crippen molar-refractivity contribution >= 4 is 17.7 Å². The van der Waals surface area contributed by atoms with Crippen molar-refractivity contribution in [1.82, 2.24) is 14.8 Å². The van der Waals surface area contributed by atoms with Crippen molar-refractivity contribution in [3.8, 4) is 17.1 Å². The molecule has 0 N–H and O–H groups in total. The van der Waals surface area contributed by atoms with Crippen molar-refractivity contribution in [2.75, 3.05) is 12.9 Å². The Kier molecular flexibility index (Phi) is 4.73. The van der Waals surface area contributed by atoms with Gasteiger partial charge in [-0.2, -0.15) is 0 Å². The summed E-state index contributed by atoms with van der Waals surface area (Å²) < 4.78 is 6.44. The van der Waals surface area contributed by atoms with Crippen LogP contribution in [0.25, 0.3) is 17.1 Å². The Hall–Kier alpha value is -2.60. The van der Waals surface area contributed by atoms with Crippen LogP contribution in [0.15, 0.2) is 65.8 Å². The normalized spacial score (nSPS) is 10.5. The molecular weight excluding hydrogens is 310 g/mol. The number of ether oxygens (including phenoxy) is 1.